The molecule has 0 heterocycles. The van der Waals surface area contributed by atoms with Crippen LogP contribution >= 0.6 is 0 Å². The van der Waals surface area contributed by atoms with Crippen molar-refractivity contribution in [1.82, 2.24) is 0 Å². The smallest absolute Gasteiger partial charge is 0.167 e. The number of aryl methyl sites for hydroxylation is 2. The Bertz CT molecular complexity index is 538. The molecule has 19 heavy (non-hydrogen) atoms. The molecule has 2 bridgehead atoms. The van der Waals surface area contributed by atoms with Crippen molar-refractivity contribution in [1.29, 1.82) is 0 Å². The molecule has 0 aromatic heterocycles. The van der Waals surface area contributed by atoms with E-state index in [0.717, 1.165) is 28.5 Å². The van der Waals surface area contributed by atoms with Crippen LogP contribution in [0.3, 0.4) is 0 Å². The molecule has 0 radical (unpaired) electrons. The van der Waals surface area contributed by atoms with Crippen LogP contribution in [0.1, 0.15) is 40.7 Å². The van der Waals surface area contributed by atoms with Crippen LogP contribution in [0.2, 0.25) is 0 Å². The van der Waals surface area contributed by atoms with Crippen LogP contribution in [0.15, 0.2) is 12.1 Å². The maximum atomic E-state index is 13.3. The van der Waals surface area contributed by atoms with Crippen molar-refractivity contribution >= 4 is 5.78 Å². The van der Waals surface area contributed by atoms with Crippen molar-refractivity contribution in [2.45, 2.75) is 33.1 Å². The summed E-state index contributed by atoms with van der Waals surface area (Å²) in [5, 5.41) is 0. The van der Waals surface area contributed by atoms with Crippen molar-refractivity contribution in [2.75, 3.05) is 0 Å². The SMILES string of the molecule is Cc1cc(F)cc(C)c1C(=O)C1C2C3CCC(C3)C12. The maximum Gasteiger partial charge on any atom is 0.167 e. The van der Waals surface area contributed by atoms with E-state index in [1.807, 2.05) is 13.8 Å². The molecule has 0 spiro atoms. The number of carbonyl (C=O) groups is 1. The van der Waals surface area contributed by atoms with Crippen molar-refractivity contribution in [3.05, 3.63) is 34.6 Å². The van der Waals surface area contributed by atoms with Gasteiger partial charge in [-0.2, -0.15) is 0 Å². The van der Waals surface area contributed by atoms with E-state index in [2.05, 4.69) is 0 Å². The van der Waals surface area contributed by atoms with Gasteiger partial charge in [-0.1, -0.05) is 0 Å². The third-order valence-corrected chi connectivity index (χ3v) is 5.78. The highest BCUT2D eigenvalue weighted by Crippen LogP contribution is 2.70. The number of hydrogen-bond donors (Lipinski definition) is 0. The summed E-state index contributed by atoms with van der Waals surface area (Å²) in [5.74, 6) is 3.26. The standard InChI is InChI=1S/C17H19FO/c1-8-5-12(18)6-9(2)13(8)17(19)16-14-10-3-4-11(7-10)15(14)16/h5-6,10-11,14-16H,3-4,7H2,1-2H3. The first-order chi connectivity index (χ1) is 9.08. The van der Waals surface area contributed by atoms with Gasteiger partial charge in [-0.3, -0.25) is 4.79 Å². The molecule has 3 aliphatic rings. The van der Waals surface area contributed by atoms with Crippen molar-refractivity contribution in [3.8, 4) is 0 Å². The lowest BCUT2D eigenvalue weighted by Gasteiger charge is -2.12. The molecule has 0 amide bonds. The highest BCUT2D eigenvalue weighted by atomic mass is 19.1. The number of halogens is 1. The van der Waals surface area contributed by atoms with Gasteiger partial charge in [0.1, 0.15) is 5.82 Å². The Morgan fingerprint density at radius 3 is 2.16 bits per heavy atom. The van der Waals surface area contributed by atoms with Crippen molar-refractivity contribution in [2.24, 2.45) is 29.6 Å². The lowest BCUT2D eigenvalue weighted by atomic mass is 9.91. The fourth-order valence-electron chi connectivity index (χ4n) is 5.14. The minimum atomic E-state index is -0.234. The number of ketones is 1. The quantitative estimate of drug-likeness (QED) is 0.735. The molecule has 3 aliphatic carbocycles. The lowest BCUT2D eigenvalue weighted by molar-refractivity contribution is 0.0943. The summed E-state index contributed by atoms with van der Waals surface area (Å²) in [7, 11) is 0. The second kappa shape index (κ2) is 3.68. The molecule has 0 aliphatic heterocycles. The zero-order valence-corrected chi connectivity index (χ0v) is 11.4. The molecule has 0 saturated heterocycles. The second-order valence-electron chi connectivity index (χ2n) is 6.79. The summed E-state index contributed by atoms with van der Waals surface area (Å²) in [6.45, 7) is 3.71. The third-order valence-electron chi connectivity index (χ3n) is 5.78. The summed E-state index contributed by atoms with van der Waals surface area (Å²) >= 11 is 0. The van der Waals surface area contributed by atoms with Gasteiger partial charge in [0.25, 0.3) is 0 Å². The molecule has 4 rings (SSSR count). The molecule has 4 atom stereocenters. The van der Waals surface area contributed by atoms with E-state index in [9.17, 15) is 9.18 Å². The van der Waals surface area contributed by atoms with E-state index in [4.69, 9.17) is 0 Å². The minimum Gasteiger partial charge on any atom is -0.294 e. The summed E-state index contributed by atoms with van der Waals surface area (Å²) in [6, 6.07) is 2.99. The van der Waals surface area contributed by atoms with E-state index in [1.54, 1.807) is 0 Å². The summed E-state index contributed by atoms with van der Waals surface area (Å²) in [6.07, 6.45) is 4.02. The summed E-state index contributed by atoms with van der Waals surface area (Å²) < 4.78 is 13.3. The third kappa shape index (κ3) is 1.49. The molecular formula is C17H19FO. The average molecular weight is 258 g/mol. The van der Waals surface area contributed by atoms with Gasteiger partial charge < -0.3 is 0 Å². The minimum absolute atomic E-state index is 0.234. The molecule has 1 aromatic rings. The first kappa shape index (κ1) is 11.6. The molecule has 1 aromatic carbocycles. The monoisotopic (exact) mass is 258 g/mol. The summed E-state index contributed by atoms with van der Waals surface area (Å²) in [4.78, 5) is 12.8. The Morgan fingerprint density at radius 2 is 1.63 bits per heavy atom. The number of fused-ring (bicyclic) bond motifs is 5. The Kier molecular flexibility index (Phi) is 2.25. The topological polar surface area (TPSA) is 17.1 Å². The molecule has 4 unspecified atom stereocenters. The molecule has 1 nitrogen and oxygen atoms in total. The van der Waals surface area contributed by atoms with Crippen molar-refractivity contribution < 1.29 is 9.18 Å². The van der Waals surface area contributed by atoms with E-state index in [0.29, 0.717) is 17.6 Å². The number of hydrogen-bond acceptors (Lipinski definition) is 1. The fourth-order valence-corrected chi connectivity index (χ4v) is 5.14. The van der Waals surface area contributed by atoms with Crippen LogP contribution in [-0.2, 0) is 0 Å². The average Bonchev–Trinajstić information content (AvgIpc) is 2.77. The Labute approximate surface area is 113 Å². The number of rotatable bonds is 2. The highest BCUT2D eigenvalue weighted by molar-refractivity contribution is 6.02. The van der Waals surface area contributed by atoms with Crippen LogP contribution < -0.4 is 0 Å². The van der Waals surface area contributed by atoms with Gasteiger partial charge in [0.2, 0.25) is 0 Å². The number of Topliss-reactive ketones (excluding diaryl/α,β-unsaturated/α-hetero) is 1. The second-order valence-corrected chi connectivity index (χ2v) is 6.79. The first-order valence-electron chi connectivity index (χ1n) is 7.39. The van der Waals surface area contributed by atoms with Crippen LogP contribution in [0, 0.1) is 49.3 Å². The zero-order valence-electron chi connectivity index (χ0n) is 11.4. The zero-order chi connectivity index (χ0) is 13.3. The van der Waals surface area contributed by atoms with Crippen molar-refractivity contribution in [3.63, 3.8) is 0 Å². The van der Waals surface area contributed by atoms with E-state index >= 15 is 0 Å². The molecular weight excluding hydrogens is 239 g/mol. The van der Waals surface area contributed by atoms with Crippen LogP contribution in [0.25, 0.3) is 0 Å². The van der Waals surface area contributed by atoms with Gasteiger partial charge in [-0.15, -0.1) is 0 Å². The van der Waals surface area contributed by atoms with E-state index in [1.165, 1.54) is 31.4 Å². The van der Waals surface area contributed by atoms with Gasteiger partial charge in [0, 0.05) is 11.5 Å². The number of benzene rings is 1. The fraction of sp³-hybridized carbons (Fsp3) is 0.588. The predicted octanol–water partition coefficient (Wildman–Crippen LogP) is 3.92. The number of carbonyl (C=O) groups excluding carboxylic acids is 1. The normalized spacial score (nSPS) is 38.4. The van der Waals surface area contributed by atoms with E-state index in [-0.39, 0.29) is 11.7 Å². The largest absolute Gasteiger partial charge is 0.294 e. The summed E-state index contributed by atoms with van der Waals surface area (Å²) in [5.41, 5.74) is 2.40. The molecule has 3 fully saturated rings. The van der Waals surface area contributed by atoms with Gasteiger partial charge in [-0.05, 0) is 80.0 Å². The van der Waals surface area contributed by atoms with Gasteiger partial charge in [0.15, 0.2) is 5.78 Å². The molecule has 0 N–H and O–H groups in total. The molecule has 100 valence electrons. The van der Waals surface area contributed by atoms with Gasteiger partial charge in [-0.25, -0.2) is 4.39 Å². The van der Waals surface area contributed by atoms with Gasteiger partial charge >= 0.3 is 0 Å². The van der Waals surface area contributed by atoms with E-state index < -0.39 is 0 Å². The van der Waals surface area contributed by atoms with Crippen LogP contribution in [0.4, 0.5) is 4.39 Å². The predicted molar refractivity (Wildman–Crippen MR) is 71.5 cm³/mol. The lowest BCUT2D eigenvalue weighted by Crippen LogP contribution is -2.13. The Balaban J connectivity index is 1.66. The Hall–Kier alpha value is -1.18. The van der Waals surface area contributed by atoms with Gasteiger partial charge in [0.05, 0.1) is 0 Å². The van der Waals surface area contributed by atoms with Crippen LogP contribution in [0.5, 0.6) is 0 Å². The van der Waals surface area contributed by atoms with Crippen LogP contribution in [-0.4, -0.2) is 5.78 Å². The molecule has 3 saturated carbocycles. The first-order valence-corrected chi connectivity index (χ1v) is 7.39. The maximum absolute atomic E-state index is 13.3. The molecule has 2 heteroatoms. The highest BCUT2D eigenvalue weighted by Gasteiger charge is 2.67. The Morgan fingerprint density at radius 1 is 1.11 bits per heavy atom.